The van der Waals surface area contributed by atoms with Gasteiger partial charge in [0.2, 0.25) is 23.6 Å². The molecule has 3 saturated heterocycles. The van der Waals surface area contributed by atoms with Crippen molar-refractivity contribution >= 4 is 46.1 Å². The summed E-state index contributed by atoms with van der Waals surface area (Å²) in [6, 6.07) is 20.0. The normalized spacial score (nSPS) is 23.9. The molecule has 5 aromatic rings. The predicted octanol–water partition coefficient (Wildman–Crippen LogP) is 8.85. The number of aliphatic hydroxyl groups excluding tert-OH is 1. The number of amides is 4. The van der Waals surface area contributed by atoms with E-state index in [0.29, 0.717) is 36.8 Å². The second kappa shape index (κ2) is 21.8. The van der Waals surface area contributed by atoms with Crippen LogP contribution in [0, 0.1) is 28.9 Å². The topological polar surface area (TPSA) is 181 Å². The number of nitrogens with one attached hydrogen (secondary N) is 2. The Morgan fingerprint density at radius 1 is 0.947 bits per heavy atom. The second-order valence-electron chi connectivity index (χ2n) is 22.6. The number of carbonyl (C=O) groups excluding carboxylic acids is 4. The molecule has 5 heterocycles. The number of likely N-dealkylation sites (tertiary alicyclic amines) is 2. The molecule has 5 aliphatic rings. The number of halogens is 3. The van der Waals surface area contributed by atoms with Gasteiger partial charge in [-0.15, -0.1) is 0 Å². The Bertz CT molecular complexity index is 3020. The minimum absolute atomic E-state index is 0.0476. The molecule has 1 saturated carbocycles. The van der Waals surface area contributed by atoms with Crippen molar-refractivity contribution in [2.45, 2.75) is 114 Å². The molecule has 4 fully saturated rings. The fraction of sp³-hybridized carbons (Fsp3) is 0.508. The standard InChI is InChI=1S/C59H70ClF2N7O7/c1-34-49-47(31-44(61)52(60)51(49)50-42(55(63)72)16-18-46(53(50)62)75-29-28-70)76-59(34,39-8-6-5-7-9-39)32-64-40-13-10-36(11-14-40)57(74)69-26-22-38(23-27-69)58(2,3)33-68-24-20-35(21-25-68)37-12-15-41-45(30-37)67(4)66-54(41)43-17-19-48(71)65-56(43)73/h5-9,12,15-16,18,30-31,34-36,38,40,43,64,70H,10-11,13-14,17,19-29,32-33H2,1-4H3,(H2,63,72)(H,65,71,73)/t34-,36?,40?,43?,59-/m0/s1. The summed E-state index contributed by atoms with van der Waals surface area (Å²) in [5.41, 5.74) is 8.49. The van der Waals surface area contributed by atoms with Crippen LogP contribution in [-0.4, -0.2) is 107 Å². The number of carbonyl (C=O) groups is 4. The number of nitrogens with zero attached hydrogens (tertiary/aromatic N) is 4. The van der Waals surface area contributed by atoms with Crippen LogP contribution in [0.1, 0.15) is 135 Å². The van der Waals surface area contributed by atoms with Crippen LogP contribution in [0.15, 0.2) is 66.7 Å². The largest absolute Gasteiger partial charge is 0.488 e. The van der Waals surface area contributed by atoms with Crippen molar-refractivity contribution in [1.29, 1.82) is 0 Å². The van der Waals surface area contributed by atoms with Gasteiger partial charge in [0.25, 0.3) is 0 Å². The van der Waals surface area contributed by atoms with E-state index < -0.39 is 40.0 Å². The zero-order valence-corrected chi connectivity index (χ0v) is 44.7. The fourth-order valence-corrected chi connectivity index (χ4v) is 13.6. The molecule has 1 aliphatic carbocycles. The first-order valence-corrected chi connectivity index (χ1v) is 27.5. The number of benzene rings is 4. The van der Waals surface area contributed by atoms with E-state index in [2.05, 4.69) is 52.5 Å². The van der Waals surface area contributed by atoms with Crippen LogP contribution in [-0.2, 0) is 27.0 Å². The lowest BCUT2D eigenvalue weighted by atomic mass is 9.72. The van der Waals surface area contributed by atoms with Gasteiger partial charge in [-0.2, -0.15) is 5.10 Å². The van der Waals surface area contributed by atoms with E-state index in [0.717, 1.165) is 106 Å². The van der Waals surface area contributed by atoms with E-state index in [-0.39, 0.29) is 76.5 Å². The molecule has 10 rings (SSSR count). The molecule has 14 nitrogen and oxygen atoms in total. The molecule has 5 N–H and O–H groups in total. The van der Waals surface area contributed by atoms with E-state index in [1.165, 1.54) is 23.8 Å². The SMILES string of the molecule is C[C@H]1c2c(cc(F)c(Cl)c2-c2c(C(N)=O)ccc(OCCO)c2F)O[C@]1(CNC1CCC(C(=O)N2CCC(C(C)(C)CN3CCC(c4ccc5c(C6CCC(=O)NC6=O)nn(C)c5c4)CC3)CC2)CC1)c1ccccc1. The van der Waals surface area contributed by atoms with Crippen molar-refractivity contribution in [2.24, 2.45) is 30.0 Å². The van der Waals surface area contributed by atoms with Crippen LogP contribution in [0.5, 0.6) is 11.5 Å². The zero-order valence-electron chi connectivity index (χ0n) is 43.9. The zero-order chi connectivity index (χ0) is 53.6. The van der Waals surface area contributed by atoms with Gasteiger partial charge in [0.1, 0.15) is 18.2 Å². The Morgan fingerprint density at radius 2 is 1.67 bits per heavy atom. The Balaban J connectivity index is 0.732. The van der Waals surface area contributed by atoms with Crippen molar-refractivity contribution in [3.63, 3.8) is 0 Å². The average molecular weight is 1060 g/mol. The van der Waals surface area contributed by atoms with Gasteiger partial charge < -0.3 is 35.4 Å². The molecule has 4 aromatic carbocycles. The van der Waals surface area contributed by atoms with Crippen molar-refractivity contribution in [3.8, 4) is 22.6 Å². The minimum atomic E-state index is -1.10. The summed E-state index contributed by atoms with van der Waals surface area (Å²) < 4.78 is 46.6. The summed E-state index contributed by atoms with van der Waals surface area (Å²) in [7, 11) is 1.92. The molecule has 404 valence electrons. The third-order valence-electron chi connectivity index (χ3n) is 17.7. The molecule has 4 aliphatic heterocycles. The number of ether oxygens (including phenoxy) is 2. The maximum Gasteiger partial charge on any atom is 0.249 e. The highest BCUT2D eigenvalue weighted by Gasteiger charge is 2.50. The van der Waals surface area contributed by atoms with E-state index in [4.69, 9.17) is 31.9 Å². The fourth-order valence-electron chi connectivity index (χ4n) is 13.4. The first-order valence-electron chi connectivity index (χ1n) is 27.2. The van der Waals surface area contributed by atoms with Crippen LogP contribution in [0.4, 0.5) is 8.78 Å². The number of primary amides is 1. The van der Waals surface area contributed by atoms with Crippen LogP contribution in [0.2, 0.25) is 5.02 Å². The number of rotatable bonds is 15. The Hall–Kier alpha value is -5.94. The number of imide groups is 1. The third-order valence-corrected chi connectivity index (χ3v) is 18.1. The number of piperidine rings is 3. The summed E-state index contributed by atoms with van der Waals surface area (Å²) >= 11 is 6.74. The van der Waals surface area contributed by atoms with Crippen LogP contribution in [0.25, 0.3) is 22.0 Å². The molecule has 4 amide bonds. The third kappa shape index (κ3) is 10.2. The number of aliphatic hydroxyl groups is 1. The molecule has 0 bridgehead atoms. The molecule has 0 radical (unpaired) electrons. The van der Waals surface area contributed by atoms with Crippen LogP contribution < -0.4 is 25.8 Å². The van der Waals surface area contributed by atoms with E-state index in [1.54, 1.807) is 0 Å². The van der Waals surface area contributed by atoms with Crippen LogP contribution in [0.3, 0.4) is 0 Å². The summed E-state index contributed by atoms with van der Waals surface area (Å²) in [5, 5.41) is 21.0. The molecular formula is C59H70ClF2N7O7. The lowest BCUT2D eigenvalue weighted by Crippen LogP contribution is -2.50. The smallest absolute Gasteiger partial charge is 0.249 e. The molecule has 0 spiro atoms. The van der Waals surface area contributed by atoms with Gasteiger partial charge >= 0.3 is 0 Å². The highest BCUT2D eigenvalue weighted by Crippen LogP contribution is 2.57. The lowest BCUT2D eigenvalue weighted by Gasteiger charge is -2.45. The molecule has 76 heavy (non-hydrogen) atoms. The van der Waals surface area contributed by atoms with Gasteiger partial charge in [-0.1, -0.05) is 74.8 Å². The Labute approximate surface area is 448 Å². The maximum atomic E-state index is 16.5. The first kappa shape index (κ1) is 53.5. The van der Waals surface area contributed by atoms with E-state index >= 15 is 8.78 Å². The predicted molar refractivity (Wildman–Crippen MR) is 286 cm³/mol. The molecular weight excluding hydrogens is 992 g/mol. The summed E-state index contributed by atoms with van der Waals surface area (Å²) in [6.07, 6.45) is 7.97. The Morgan fingerprint density at radius 3 is 2.36 bits per heavy atom. The number of fused-ring (bicyclic) bond motifs is 2. The summed E-state index contributed by atoms with van der Waals surface area (Å²) in [6.45, 7) is 11.0. The van der Waals surface area contributed by atoms with E-state index in [1.807, 2.05) is 49.0 Å². The lowest BCUT2D eigenvalue weighted by molar-refractivity contribution is -0.139. The van der Waals surface area contributed by atoms with Gasteiger partial charge in [-0.05, 0) is 117 Å². The average Bonchev–Trinajstić information content (AvgIpc) is 3.99. The van der Waals surface area contributed by atoms with Crippen molar-refractivity contribution in [2.75, 3.05) is 52.5 Å². The van der Waals surface area contributed by atoms with Crippen molar-refractivity contribution in [3.05, 3.63) is 111 Å². The number of nitrogens with two attached hydrogens (primary N) is 1. The summed E-state index contributed by atoms with van der Waals surface area (Å²) in [4.78, 5) is 56.1. The monoisotopic (exact) mass is 1060 g/mol. The highest BCUT2D eigenvalue weighted by molar-refractivity contribution is 6.34. The molecule has 17 heteroatoms. The van der Waals surface area contributed by atoms with Crippen LogP contribution >= 0.6 is 11.6 Å². The molecule has 1 aromatic heterocycles. The van der Waals surface area contributed by atoms with Gasteiger partial charge in [0.05, 0.1) is 34.3 Å². The quantitative estimate of drug-likeness (QED) is 0.0740. The molecule has 1 unspecified atom stereocenters. The van der Waals surface area contributed by atoms with E-state index in [9.17, 15) is 24.3 Å². The number of aryl methyl sites for hydroxylation is 1. The first-order chi connectivity index (χ1) is 36.5. The van der Waals surface area contributed by atoms with Crippen molar-refractivity contribution in [1.82, 2.24) is 30.2 Å². The number of hydrogen-bond acceptors (Lipinski definition) is 10. The van der Waals surface area contributed by atoms with Gasteiger partial charge in [-0.3, -0.25) is 29.2 Å². The highest BCUT2D eigenvalue weighted by atomic mass is 35.5. The van der Waals surface area contributed by atoms with Gasteiger partial charge in [0, 0.05) is 85.7 Å². The number of hydrogen-bond donors (Lipinski definition) is 4. The maximum absolute atomic E-state index is 16.5. The summed E-state index contributed by atoms with van der Waals surface area (Å²) in [5.74, 6) is -3.17. The van der Waals surface area contributed by atoms with Gasteiger partial charge in [-0.25, -0.2) is 8.78 Å². The van der Waals surface area contributed by atoms with Crippen molar-refractivity contribution < 1.29 is 42.5 Å². The second-order valence-corrected chi connectivity index (χ2v) is 23.0. The minimum Gasteiger partial charge on any atom is -0.488 e. The molecule has 3 atom stereocenters. The number of aromatic nitrogens is 2. The Kier molecular flexibility index (Phi) is 15.4. The van der Waals surface area contributed by atoms with Gasteiger partial charge in [0.15, 0.2) is 17.2 Å².